The van der Waals surface area contributed by atoms with Crippen LogP contribution in [0.4, 0.5) is 0 Å². The summed E-state index contributed by atoms with van der Waals surface area (Å²) in [6.07, 6.45) is 4.35. The number of aromatic nitrogens is 1. The minimum atomic E-state index is 0.386. The quantitative estimate of drug-likeness (QED) is 0.843. The maximum Gasteiger partial charge on any atom is 0.0542 e. The molecule has 0 saturated heterocycles. The topological polar surface area (TPSA) is 24.9 Å². The Labute approximate surface area is 104 Å². The van der Waals surface area contributed by atoms with E-state index in [4.69, 9.17) is 11.6 Å². The SMILES string of the molecule is ClCC1(CNCc2ccc(Br)cn2)CC1. The van der Waals surface area contributed by atoms with Gasteiger partial charge in [-0.3, -0.25) is 4.98 Å². The Morgan fingerprint density at radius 2 is 2.27 bits per heavy atom. The zero-order valence-electron chi connectivity index (χ0n) is 8.47. The van der Waals surface area contributed by atoms with Crippen molar-refractivity contribution in [1.82, 2.24) is 10.3 Å². The third-order valence-corrected chi connectivity index (χ3v) is 3.87. The van der Waals surface area contributed by atoms with Crippen LogP contribution >= 0.6 is 27.5 Å². The Hall–Kier alpha value is -0.120. The van der Waals surface area contributed by atoms with E-state index < -0.39 is 0 Å². The van der Waals surface area contributed by atoms with Crippen LogP contribution in [0.5, 0.6) is 0 Å². The first-order chi connectivity index (χ1) is 7.24. The molecule has 1 aromatic heterocycles. The van der Waals surface area contributed by atoms with Crippen molar-refractivity contribution in [2.45, 2.75) is 19.4 Å². The molecule has 0 aliphatic heterocycles. The van der Waals surface area contributed by atoms with Crippen molar-refractivity contribution in [1.29, 1.82) is 0 Å². The van der Waals surface area contributed by atoms with Gasteiger partial charge in [-0.15, -0.1) is 11.6 Å². The third kappa shape index (κ3) is 3.16. The Kier molecular flexibility index (Phi) is 3.65. The second-order valence-corrected chi connectivity index (χ2v) is 5.39. The van der Waals surface area contributed by atoms with E-state index in [0.717, 1.165) is 29.1 Å². The molecule has 0 bridgehead atoms. The van der Waals surface area contributed by atoms with Crippen molar-refractivity contribution in [3.05, 3.63) is 28.5 Å². The number of pyridine rings is 1. The fraction of sp³-hybridized carbons (Fsp3) is 0.545. The van der Waals surface area contributed by atoms with Crippen LogP contribution in [-0.4, -0.2) is 17.4 Å². The van der Waals surface area contributed by atoms with Crippen LogP contribution in [0.3, 0.4) is 0 Å². The van der Waals surface area contributed by atoms with Crippen molar-refractivity contribution >= 4 is 27.5 Å². The summed E-state index contributed by atoms with van der Waals surface area (Å²) < 4.78 is 1.02. The maximum atomic E-state index is 5.90. The highest BCUT2D eigenvalue weighted by Crippen LogP contribution is 2.45. The summed E-state index contributed by atoms with van der Waals surface area (Å²) in [5.41, 5.74) is 1.46. The van der Waals surface area contributed by atoms with E-state index in [9.17, 15) is 0 Å². The Morgan fingerprint density at radius 1 is 1.47 bits per heavy atom. The molecule has 82 valence electrons. The second kappa shape index (κ2) is 4.81. The third-order valence-electron chi connectivity index (χ3n) is 2.84. The summed E-state index contributed by atoms with van der Waals surface area (Å²) >= 11 is 9.26. The molecule has 0 unspecified atom stereocenters. The highest BCUT2D eigenvalue weighted by molar-refractivity contribution is 9.10. The summed E-state index contributed by atoms with van der Waals surface area (Å²) in [5.74, 6) is 0.772. The predicted octanol–water partition coefficient (Wildman–Crippen LogP) is 2.95. The van der Waals surface area contributed by atoms with E-state index in [-0.39, 0.29) is 0 Å². The molecule has 0 amide bonds. The smallest absolute Gasteiger partial charge is 0.0542 e. The van der Waals surface area contributed by atoms with Gasteiger partial charge in [0.2, 0.25) is 0 Å². The standard InChI is InChI=1S/C11H14BrClN2/c12-9-1-2-10(15-5-9)6-14-8-11(7-13)3-4-11/h1-2,5,14H,3-4,6-8H2. The maximum absolute atomic E-state index is 5.90. The van der Waals surface area contributed by atoms with Crippen LogP contribution in [0.1, 0.15) is 18.5 Å². The largest absolute Gasteiger partial charge is 0.311 e. The minimum Gasteiger partial charge on any atom is -0.311 e. The van der Waals surface area contributed by atoms with Gasteiger partial charge in [-0.25, -0.2) is 0 Å². The number of hydrogen-bond donors (Lipinski definition) is 1. The fourth-order valence-corrected chi connectivity index (χ4v) is 2.10. The summed E-state index contributed by atoms with van der Waals surface area (Å²) in [6.45, 7) is 1.83. The van der Waals surface area contributed by atoms with Gasteiger partial charge < -0.3 is 5.32 Å². The monoisotopic (exact) mass is 288 g/mol. The van der Waals surface area contributed by atoms with Gasteiger partial charge in [-0.1, -0.05) is 0 Å². The molecule has 1 aromatic rings. The molecule has 1 aliphatic carbocycles. The van der Waals surface area contributed by atoms with Gasteiger partial charge in [0, 0.05) is 29.6 Å². The van der Waals surface area contributed by atoms with Crippen molar-refractivity contribution in [3.63, 3.8) is 0 Å². The van der Waals surface area contributed by atoms with Crippen LogP contribution in [-0.2, 0) is 6.54 Å². The summed E-state index contributed by atoms with van der Waals surface area (Å²) in [6, 6.07) is 4.04. The Morgan fingerprint density at radius 3 is 2.80 bits per heavy atom. The summed E-state index contributed by atoms with van der Waals surface area (Å²) in [4.78, 5) is 4.30. The molecular weight excluding hydrogens is 275 g/mol. The van der Waals surface area contributed by atoms with Crippen LogP contribution in [0.2, 0.25) is 0 Å². The number of nitrogens with zero attached hydrogens (tertiary/aromatic N) is 1. The highest BCUT2D eigenvalue weighted by atomic mass is 79.9. The molecule has 0 spiro atoms. The Balaban J connectivity index is 1.76. The van der Waals surface area contributed by atoms with Crippen molar-refractivity contribution in [3.8, 4) is 0 Å². The van der Waals surface area contributed by atoms with Crippen molar-refractivity contribution in [2.75, 3.05) is 12.4 Å². The lowest BCUT2D eigenvalue weighted by atomic mass is 10.1. The number of nitrogens with one attached hydrogen (secondary N) is 1. The normalized spacial score (nSPS) is 17.7. The lowest BCUT2D eigenvalue weighted by Crippen LogP contribution is -2.25. The van der Waals surface area contributed by atoms with Crippen LogP contribution in [0.15, 0.2) is 22.8 Å². The Bertz CT molecular complexity index is 322. The summed E-state index contributed by atoms with van der Waals surface area (Å²) in [7, 11) is 0. The van der Waals surface area contributed by atoms with Gasteiger partial charge in [0.25, 0.3) is 0 Å². The van der Waals surface area contributed by atoms with E-state index in [0.29, 0.717) is 5.41 Å². The molecular formula is C11H14BrClN2. The van der Waals surface area contributed by atoms with Gasteiger partial charge in [-0.05, 0) is 46.3 Å². The molecule has 1 aliphatic rings. The summed E-state index contributed by atoms with van der Waals surface area (Å²) in [5, 5.41) is 3.41. The first-order valence-electron chi connectivity index (χ1n) is 5.11. The molecule has 1 N–H and O–H groups in total. The highest BCUT2D eigenvalue weighted by Gasteiger charge is 2.41. The van der Waals surface area contributed by atoms with Gasteiger partial charge in [-0.2, -0.15) is 0 Å². The van der Waals surface area contributed by atoms with Gasteiger partial charge in [0.05, 0.1) is 5.69 Å². The number of alkyl halides is 1. The second-order valence-electron chi connectivity index (χ2n) is 4.20. The molecule has 2 nitrogen and oxygen atoms in total. The predicted molar refractivity (Wildman–Crippen MR) is 66.0 cm³/mol. The molecule has 15 heavy (non-hydrogen) atoms. The minimum absolute atomic E-state index is 0.386. The molecule has 1 saturated carbocycles. The van der Waals surface area contributed by atoms with E-state index in [1.165, 1.54) is 12.8 Å². The molecule has 4 heteroatoms. The van der Waals surface area contributed by atoms with Gasteiger partial charge in [0.1, 0.15) is 0 Å². The van der Waals surface area contributed by atoms with Crippen LogP contribution in [0, 0.1) is 5.41 Å². The number of hydrogen-bond acceptors (Lipinski definition) is 2. The zero-order valence-corrected chi connectivity index (χ0v) is 10.8. The lowest BCUT2D eigenvalue weighted by Gasteiger charge is -2.11. The average Bonchev–Trinajstić information content (AvgIpc) is 3.02. The van der Waals surface area contributed by atoms with Crippen LogP contribution < -0.4 is 5.32 Å². The fourth-order valence-electron chi connectivity index (χ4n) is 1.50. The average molecular weight is 290 g/mol. The van der Waals surface area contributed by atoms with Crippen molar-refractivity contribution < 1.29 is 0 Å². The number of rotatable bonds is 5. The van der Waals surface area contributed by atoms with Gasteiger partial charge >= 0.3 is 0 Å². The zero-order chi connectivity index (χ0) is 10.7. The number of halogens is 2. The van der Waals surface area contributed by atoms with Gasteiger partial charge in [0.15, 0.2) is 0 Å². The first kappa shape index (κ1) is 11.4. The molecule has 0 atom stereocenters. The van der Waals surface area contributed by atoms with E-state index in [1.54, 1.807) is 0 Å². The molecule has 1 fully saturated rings. The first-order valence-corrected chi connectivity index (χ1v) is 6.44. The molecule has 0 radical (unpaired) electrons. The van der Waals surface area contributed by atoms with Crippen molar-refractivity contribution in [2.24, 2.45) is 5.41 Å². The van der Waals surface area contributed by atoms with E-state index in [1.807, 2.05) is 18.3 Å². The van der Waals surface area contributed by atoms with E-state index in [2.05, 4.69) is 26.2 Å². The molecule has 0 aromatic carbocycles. The molecule has 2 rings (SSSR count). The van der Waals surface area contributed by atoms with E-state index >= 15 is 0 Å². The lowest BCUT2D eigenvalue weighted by molar-refractivity contribution is 0.502. The van der Waals surface area contributed by atoms with Crippen LogP contribution in [0.25, 0.3) is 0 Å². The molecule has 1 heterocycles.